The number of hydrogen-bond acceptors (Lipinski definition) is 3. The van der Waals surface area contributed by atoms with Crippen LogP contribution in [0, 0.1) is 13.8 Å². The van der Waals surface area contributed by atoms with Gasteiger partial charge in [-0.3, -0.25) is 4.98 Å². The van der Waals surface area contributed by atoms with Gasteiger partial charge in [0.15, 0.2) is 0 Å². The molecule has 0 atom stereocenters. The zero-order chi connectivity index (χ0) is 8.72. The molecule has 3 nitrogen and oxygen atoms in total. The van der Waals surface area contributed by atoms with Crippen molar-refractivity contribution in [3.8, 4) is 0 Å². The highest BCUT2D eigenvalue weighted by molar-refractivity contribution is 5.94. The van der Waals surface area contributed by atoms with Crippen LogP contribution < -0.4 is 0 Å². The molecule has 2 rings (SSSR count). The minimum atomic E-state index is -0.215. The maximum Gasteiger partial charge on any atom is 0.339 e. The highest BCUT2D eigenvalue weighted by atomic mass is 16.5. The number of carbonyl (C=O) groups is 1. The summed E-state index contributed by atoms with van der Waals surface area (Å²) in [5.74, 6) is -0.215. The Morgan fingerprint density at radius 1 is 1.50 bits per heavy atom. The Hall–Kier alpha value is -1.38. The summed E-state index contributed by atoms with van der Waals surface area (Å²) in [4.78, 5) is 15.3. The third kappa shape index (κ3) is 0.826. The lowest BCUT2D eigenvalue weighted by atomic mass is 10.1. The van der Waals surface area contributed by atoms with Gasteiger partial charge in [-0.15, -0.1) is 0 Å². The molecule has 0 bridgehead atoms. The second-order valence-electron chi connectivity index (χ2n) is 2.96. The van der Waals surface area contributed by atoms with Crippen LogP contribution in [0.15, 0.2) is 6.20 Å². The molecule has 0 aromatic carbocycles. The first-order valence-corrected chi connectivity index (χ1v) is 3.82. The number of cyclic esters (lactones) is 1. The number of nitrogens with zero attached hydrogens (tertiary/aromatic N) is 1. The van der Waals surface area contributed by atoms with Gasteiger partial charge in [0.2, 0.25) is 0 Å². The molecule has 1 aromatic heterocycles. The second kappa shape index (κ2) is 2.30. The monoisotopic (exact) mass is 163 g/mol. The smallest absolute Gasteiger partial charge is 0.339 e. The first-order valence-electron chi connectivity index (χ1n) is 3.82. The number of pyridine rings is 1. The Morgan fingerprint density at radius 2 is 2.25 bits per heavy atom. The van der Waals surface area contributed by atoms with Gasteiger partial charge in [-0.25, -0.2) is 4.79 Å². The zero-order valence-electron chi connectivity index (χ0n) is 7.05. The number of aryl methyl sites for hydroxylation is 2. The van der Waals surface area contributed by atoms with Gasteiger partial charge in [0, 0.05) is 17.5 Å². The fraction of sp³-hybridized carbons (Fsp3) is 0.333. The van der Waals surface area contributed by atoms with E-state index in [1.165, 1.54) is 0 Å². The Labute approximate surface area is 70.4 Å². The van der Waals surface area contributed by atoms with Crippen molar-refractivity contribution in [3.05, 3.63) is 28.6 Å². The summed E-state index contributed by atoms with van der Waals surface area (Å²) >= 11 is 0. The molecule has 62 valence electrons. The zero-order valence-corrected chi connectivity index (χ0v) is 7.05. The molecule has 1 aromatic rings. The van der Waals surface area contributed by atoms with Crippen molar-refractivity contribution < 1.29 is 9.53 Å². The van der Waals surface area contributed by atoms with Crippen LogP contribution in [0.5, 0.6) is 0 Å². The molecule has 0 fully saturated rings. The van der Waals surface area contributed by atoms with E-state index < -0.39 is 0 Å². The number of hydrogen-bond donors (Lipinski definition) is 0. The molecule has 0 saturated heterocycles. The minimum Gasteiger partial charge on any atom is -0.457 e. The standard InChI is InChI=1S/C9H9NO2/c1-5-3-10-6(2)7-4-12-9(11)8(5)7/h3H,4H2,1-2H3. The van der Waals surface area contributed by atoms with E-state index in [1.807, 2.05) is 13.8 Å². The summed E-state index contributed by atoms with van der Waals surface area (Å²) in [5, 5.41) is 0. The average molecular weight is 163 g/mol. The van der Waals surface area contributed by atoms with Gasteiger partial charge in [-0.05, 0) is 19.4 Å². The molecule has 1 aliphatic heterocycles. The summed E-state index contributed by atoms with van der Waals surface area (Å²) in [7, 11) is 0. The van der Waals surface area contributed by atoms with Crippen molar-refractivity contribution in [1.82, 2.24) is 4.98 Å². The largest absolute Gasteiger partial charge is 0.457 e. The van der Waals surface area contributed by atoms with Crippen molar-refractivity contribution in [1.29, 1.82) is 0 Å². The highest BCUT2D eigenvalue weighted by Crippen LogP contribution is 2.24. The Kier molecular flexibility index (Phi) is 1.40. The van der Waals surface area contributed by atoms with Crippen molar-refractivity contribution in [2.45, 2.75) is 20.5 Å². The normalized spacial score (nSPS) is 14.3. The van der Waals surface area contributed by atoms with Crippen LogP contribution in [0.25, 0.3) is 0 Å². The first kappa shape index (κ1) is 7.28. The molecule has 0 radical (unpaired) electrons. The number of rotatable bonds is 0. The molecule has 0 amide bonds. The second-order valence-corrected chi connectivity index (χ2v) is 2.96. The molecular weight excluding hydrogens is 154 g/mol. The van der Waals surface area contributed by atoms with Gasteiger partial charge in [0.1, 0.15) is 6.61 Å². The van der Waals surface area contributed by atoms with Crippen LogP contribution in [0.4, 0.5) is 0 Å². The van der Waals surface area contributed by atoms with Crippen LogP contribution in [0.3, 0.4) is 0 Å². The summed E-state index contributed by atoms with van der Waals surface area (Å²) in [6.07, 6.45) is 1.71. The first-order chi connectivity index (χ1) is 5.70. The SMILES string of the molecule is Cc1cnc(C)c2c1C(=O)OC2. The summed E-state index contributed by atoms with van der Waals surface area (Å²) in [5.41, 5.74) is 3.45. The third-order valence-electron chi connectivity index (χ3n) is 2.14. The quantitative estimate of drug-likeness (QED) is 0.542. The Bertz CT molecular complexity index is 358. The van der Waals surface area contributed by atoms with Gasteiger partial charge < -0.3 is 4.74 Å². The average Bonchev–Trinajstić information content (AvgIpc) is 2.42. The minimum absolute atomic E-state index is 0.215. The number of fused-ring (bicyclic) bond motifs is 1. The molecule has 0 saturated carbocycles. The lowest BCUT2D eigenvalue weighted by Crippen LogP contribution is -1.99. The lowest BCUT2D eigenvalue weighted by molar-refractivity contribution is 0.0534. The van der Waals surface area contributed by atoms with Crippen molar-refractivity contribution in [2.24, 2.45) is 0 Å². The van der Waals surface area contributed by atoms with E-state index in [4.69, 9.17) is 4.74 Å². The number of aromatic nitrogens is 1. The van der Waals surface area contributed by atoms with Gasteiger partial charge in [0.25, 0.3) is 0 Å². The third-order valence-corrected chi connectivity index (χ3v) is 2.14. The molecule has 1 aliphatic rings. The molecule has 0 N–H and O–H groups in total. The molecule has 0 spiro atoms. The number of esters is 1. The van der Waals surface area contributed by atoms with Gasteiger partial charge >= 0.3 is 5.97 Å². The van der Waals surface area contributed by atoms with E-state index >= 15 is 0 Å². The van der Waals surface area contributed by atoms with E-state index in [0.717, 1.165) is 16.8 Å². The van der Waals surface area contributed by atoms with Gasteiger partial charge in [-0.2, -0.15) is 0 Å². The molecule has 0 aliphatic carbocycles. The van der Waals surface area contributed by atoms with Crippen LogP contribution in [0.2, 0.25) is 0 Å². The van der Waals surface area contributed by atoms with Gasteiger partial charge in [0.05, 0.1) is 5.56 Å². The maximum absolute atomic E-state index is 11.2. The molecular formula is C9H9NO2. The lowest BCUT2D eigenvalue weighted by Gasteiger charge is -2.00. The fourth-order valence-electron chi connectivity index (χ4n) is 1.43. The van der Waals surface area contributed by atoms with Crippen molar-refractivity contribution in [3.63, 3.8) is 0 Å². The van der Waals surface area contributed by atoms with Crippen LogP contribution in [-0.2, 0) is 11.3 Å². The topological polar surface area (TPSA) is 39.2 Å². The fourth-order valence-corrected chi connectivity index (χ4v) is 1.43. The summed E-state index contributed by atoms with van der Waals surface area (Å²) in [6.45, 7) is 4.15. The van der Waals surface area contributed by atoms with Crippen LogP contribution in [-0.4, -0.2) is 11.0 Å². The van der Waals surface area contributed by atoms with E-state index in [0.29, 0.717) is 12.2 Å². The number of ether oxygens (including phenoxy) is 1. The molecule has 12 heavy (non-hydrogen) atoms. The predicted octanol–water partition coefficient (Wildman–Crippen LogP) is 1.37. The number of carbonyl (C=O) groups excluding carboxylic acids is 1. The van der Waals surface area contributed by atoms with E-state index in [1.54, 1.807) is 6.20 Å². The van der Waals surface area contributed by atoms with Crippen LogP contribution >= 0.6 is 0 Å². The molecule has 2 heterocycles. The Morgan fingerprint density at radius 3 is 2.92 bits per heavy atom. The maximum atomic E-state index is 11.2. The summed E-state index contributed by atoms with van der Waals surface area (Å²) in [6, 6.07) is 0. The van der Waals surface area contributed by atoms with E-state index in [2.05, 4.69) is 4.98 Å². The van der Waals surface area contributed by atoms with E-state index in [-0.39, 0.29) is 5.97 Å². The molecule has 0 unspecified atom stereocenters. The van der Waals surface area contributed by atoms with Crippen molar-refractivity contribution in [2.75, 3.05) is 0 Å². The van der Waals surface area contributed by atoms with Crippen LogP contribution in [0.1, 0.15) is 27.2 Å². The molecule has 3 heteroatoms. The van der Waals surface area contributed by atoms with Crippen molar-refractivity contribution >= 4 is 5.97 Å². The predicted molar refractivity (Wildman–Crippen MR) is 42.8 cm³/mol. The Balaban J connectivity index is 2.72. The van der Waals surface area contributed by atoms with E-state index in [9.17, 15) is 4.79 Å². The van der Waals surface area contributed by atoms with Gasteiger partial charge in [-0.1, -0.05) is 0 Å². The highest BCUT2D eigenvalue weighted by Gasteiger charge is 2.25. The summed E-state index contributed by atoms with van der Waals surface area (Å²) < 4.78 is 4.91.